The summed E-state index contributed by atoms with van der Waals surface area (Å²) in [4.78, 5) is 0. The fourth-order valence-electron chi connectivity index (χ4n) is 0.642. The molecule has 0 spiro atoms. The Hall–Kier alpha value is -0.430. The predicted molar refractivity (Wildman–Crippen MR) is 56.9 cm³/mol. The van der Waals surface area contributed by atoms with E-state index in [-0.39, 0.29) is 40.7 Å². The van der Waals surface area contributed by atoms with Crippen molar-refractivity contribution >= 4 is 0 Å². The summed E-state index contributed by atoms with van der Waals surface area (Å²) in [6.07, 6.45) is 0. The largest absolute Gasteiger partial charge is 4.00 e. The van der Waals surface area contributed by atoms with Crippen molar-refractivity contribution < 1.29 is 25.8 Å². The van der Waals surface area contributed by atoms with E-state index < -0.39 is 0 Å². The second-order valence-corrected chi connectivity index (χ2v) is 1.92. The Labute approximate surface area is 101 Å². The van der Waals surface area contributed by atoms with Crippen LogP contribution in [0.4, 0.5) is 0 Å². The topological polar surface area (TPSA) is 0 Å². The molecule has 0 radical (unpaired) electrons. The van der Waals surface area contributed by atoms with Crippen LogP contribution < -0.4 is 0 Å². The average molecular weight is 339 g/mol. The second-order valence-electron chi connectivity index (χ2n) is 1.92. The predicted octanol–water partition coefficient (Wildman–Crippen LogP) is 3.71. The van der Waals surface area contributed by atoms with Gasteiger partial charge in [0.25, 0.3) is 0 Å². The molecule has 68 valence electrons. The maximum Gasteiger partial charge on any atom is 4.00 e. The molecule has 0 fully saturated rings. The first-order valence-electron chi connectivity index (χ1n) is 3.33. The molecule has 0 heterocycles. The third-order valence-corrected chi connectivity index (χ3v) is 1.11. The normalized spacial score (nSPS) is 6.15. The van der Waals surface area contributed by atoms with Gasteiger partial charge in [-0.2, -0.15) is 36.4 Å². The van der Waals surface area contributed by atoms with Gasteiger partial charge in [0.1, 0.15) is 0 Å². The minimum absolute atomic E-state index is 0. The van der Waals surface area contributed by atoms with E-state index >= 15 is 0 Å². The van der Waals surface area contributed by atoms with E-state index in [1.54, 1.807) is 0 Å². The molecule has 0 unspecified atom stereocenters. The molecule has 0 aliphatic carbocycles. The summed E-state index contributed by atoms with van der Waals surface area (Å²) in [5.41, 5.74) is 0. The summed E-state index contributed by atoms with van der Waals surface area (Å²) in [6.45, 7) is 0. The Morgan fingerprint density at radius 1 is 0.538 bits per heavy atom. The van der Waals surface area contributed by atoms with Crippen molar-refractivity contribution in [2.75, 3.05) is 0 Å². The SMILES string of the molecule is [CH3-].[CH3-].[Hf+4].c1cc[cH-]c1.c1cc[cH-]c1. The van der Waals surface area contributed by atoms with Crippen LogP contribution in [0.2, 0.25) is 0 Å². The summed E-state index contributed by atoms with van der Waals surface area (Å²) in [6, 6.07) is 20.0. The average Bonchev–Trinajstić information content (AvgIpc) is 2.67. The fourth-order valence-corrected chi connectivity index (χ4v) is 0.642. The van der Waals surface area contributed by atoms with Crippen molar-refractivity contribution in [2.24, 2.45) is 0 Å². The Morgan fingerprint density at radius 3 is 0.846 bits per heavy atom. The van der Waals surface area contributed by atoms with Gasteiger partial charge in [0, 0.05) is 0 Å². The molecule has 0 amide bonds. The summed E-state index contributed by atoms with van der Waals surface area (Å²) < 4.78 is 0. The van der Waals surface area contributed by atoms with Crippen LogP contribution in [0.25, 0.3) is 0 Å². The summed E-state index contributed by atoms with van der Waals surface area (Å²) in [5, 5.41) is 0. The zero-order valence-corrected chi connectivity index (χ0v) is 11.9. The number of hydrogen-bond donors (Lipinski definition) is 0. The molecule has 0 saturated heterocycles. The molecular formula is C12H16Hf. The molecule has 2 rings (SSSR count). The van der Waals surface area contributed by atoms with Gasteiger partial charge in [-0.25, -0.2) is 24.3 Å². The summed E-state index contributed by atoms with van der Waals surface area (Å²) in [5.74, 6) is 0. The van der Waals surface area contributed by atoms with Crippen LogP contribution in [-0.4, -0.2) is 0 Å². The maximum atomic E-state index is 2.00. The quantitative estimate of drug-likeness (QED) is 0.507. The van der Waals surface area contributed by atoms with Crippen molar-refractivity contribution in [2.45, 2.75) is 0 Å². The van der Waals surface area contributed by atoms with Crippen LogP contribution >= 0.6 is 0 Å². The smallest absolute Gasteiger partial charge is 0.358 e. The van der Waals surface area contributed by atoms with E-state index in [0.717, 1.165) is 0 Å². The first-order chi connectivity index (χ1) is 5.00. The molecule has 1 heteroatoms. The van der Waals surface area contributed by atoms with Crippen LogP contribution in [0.15, 0.2) is 60.7 Å². The molecule has 0 atom stereocenters. The van der Waals surface area contributed by atoms with E-state index in [9.17, 15) is 0 Å². The molecule has 0 aliphatic rings. The third kappa shape index (κ3) is 11.6. The monoisotopic (exact) mass is 340 g/mol. The van der Waals surface area contributed by atoms with Gasteiger partial charge in [-0.1, -0.05) is 0 Å². The number of hydrogen-bond acceptors (Lipinski definition) is 0. The van der Waals surface area contributed by atoms with Gasteiger partial charge < -0.3 is 14.9 Å². The van der Waals surface area contributed by atoms with Gasteiger partial charge in [0.2, 0.25) is 0 Å². The van der Waals surface area contributed by atoms with E-state index in [2.05, 4.69) is 0 Å². The van der Waals surface area contributed by atoms with Gasteiger partial charge >= 0.3 is 25.8 Å². The minimum Gasteiger partial charge on any atom is -0.358 e. The second kappa shape index (κ2) is 14.1. The van der Waals surface area contributed by atoms with Crippen molar-refractivity contribution in [1.82, 2.24) is 0 Å². The Kier molecular flexibility index (Phi) is 19.9. The molecule has 0 aromatic heterocycles. The molecule has 0 N–H and O–H groups in total. The van der Waals surface area contributed by atoms with E-state index in [1.165, 1.54) is 0 Å². The van der Waals surface area contributed by atoms with Crippen LogP contribution in [-0.2, 0) is 25.8 Å². The van der Waals surface area contributed by atoms with Gasteiger partial charge in [-0.3, -0.25) is 0 Å². The molecule has 13 heavy (non-hydrogen) atoms. The molecular weight excluding hydrogens is 323 g/mol. The van der Waals surface area contributed by atoms with E-state index in [1.807, 2.05) is 60.7 Å². The van der Waals surface area contributed by atoms with Crippen LogP contribution in [0.1, 0.15) is 0 Å². The van der Waals surface area contributed by atoms with Gasteiger partial charge in [-0.05, 0) is 0 Å². The Morgan fingerprint density at radius 2 is 0.769 bits per heavy atom. The summed E-state index contributed by atoms with van der Waals surface area (Å²) in [7, 11) is 0. The zero-order chi connectivity index (χ0) is 7.07. The molecule has 0 bridgehead atoms. The Bertz CT molecular complexity index is 144. The van der Waals surface area contributed by atoms with Crippen molar-refractivity contribution in [3.63, 3.8) is 0 Å². The van der Waals surface area contributed by atoms with Crippen molar-refractivity contribution in [3.05, 3.63) is 75.5 Å². The van der Waals surface area contributed by atoms with E-state index in [0.29, 0.717) is 0 Å². The van der Waals surface area contributed by atoms with Crippen molar-refractivity contribution in [3.8, 4) is 0 Å². The van der Waals surface area contributed by atoms with Gasteiger partial charge in [0.15, 0.2) is 0 Å². The molecule has 0 aliphatic heterocycles. The van der Waals surface area contributed by atoms with Crippen LogP contribution in [0.3, 0.4) is 0 Å². The van der Waals surface area contributed by atoms with Crippen LogP contribution in [0, 0.1) is 14.9 Å². The molecule has 2 aromatic rings. The van der Waals surface area contributed by atoms with Gasteiger partial charge in [-0.15, -0.1) is 0 Å². The zero-order valence-electron chi connectivity index (χ0n) is 8.27. The van der Waals surface area contributed by atoms with Gasteiger partial charge in [0.05, 0.1) is 0 Å². The third-order valence-electron chi connectivity index (χ3n) is 1.11. The van der Waals surface area contributed by atoms with Crippen molar-refractivity contribution in [1.29, 1.82) is 0 Å². The maximum absolute atomic E-state index is 2.00. The first kappa shape index (κ1) is 18.4. The molecule has 0 nitrogen and oxygen atoms in total. The first-order valence-corrected chi connectivity index (χ1v) is 3.33. The van der Waals surface area contributed by atoms with Crippen LogP contribution in [0.5, 0.6) is 0 Å². The summed E-state index contributed by atoms with van der Waals surface area (Å²) >= 11 is 0. The Balaban J connectivity index is -0.000000125. The standard InChI is InChI=1S/2C5H5.2CH3.Hf/c2*1-2-4-5-3-1;;;/h2*1-5H;2*1H3;/q4*-1;+4. The number of rotatable bonds is 0. The fraction of sp³-hybridized carbons (Fsp3) is 0. The molecule has 2 aromatic carbocycles. The molecule has 0 saturated carbocycles. The van der Waals surface area contributed by atoms with E-state index in [4.69, 9.17) is 0 Å². The minimum atomic E-state index is 0.